The van der Waals surface area contributed by atoms with Crippen LogP contribution < -0.4 is 5.32 Å². The molecule has 5 heteroatoms. The lowest BCUT2D eigenvalue weighted by molar-refractivity contribution is 0.965. The molecular weight excluding hydrogens is 356 g/mol. The predicted molar refractivity (Wildman–Crippen MR) is 91.7 cm³/mol. The van der Waals surface area contributed by atoms with Crippen LogP contribution in [0.1, 0.15) is 19.0 Å². The van der Waals surface area contributed by atoms with Gasteiger partial charge in [0.05, 0.1) is 10.7 Å². The molecule has 0 saturated heterocycles. The Hall–Kier alpha value is -0.710. The minimum absolute atomic E-state index is 0.714. The number of aromatic nitrogens is 1. The number of halogens is 2. The van der Waals surface area contributed by atoms with Crippen LogP contribution in [-0.4, -0.2) is 11.5 Å². The number of thioether (sulfide) groups is 1. The summed E-state index contributed by atoms with van der Waals surface area (Å²) in [6.45, 7) is 3.05. The number of hydrogen-bond acceptors (Lipinski definition) is 3. The first-order valence-corrected chi connectivity index (χ1v) is 8.63. The van der Waals surface area contributed by atoms with Crippen LogP contribution in [0.15, 0.2) is 45.8 Å². The van der Waals surface area contributed by atoms with Gasteiger partial charge in [0.25, 0.3) is 0 Å². The van der Waals surface area contributed by atoms with E-state index >= 15 is 0 Å². The highest BCUT2D eigenvalue weighted by molar-refractivity contribution is 9.10. The van der Waals surface area contributed by atoms with E-state index in [4.69, 9.17) is 11.6 Å². The van der Waals surface area contributed by atoms with Crippen LogP contribution in [0.4, 0.5) is 5.82 Å². The van der Waals surface area contributed by atoms with E-state index in [2.05, 4.69) is 39.2 Å². The second-order valence-corrected chi connectivity index (χ2v) is 6.55. The van der Waals surface area contributed by atoms with Crippen LogP contribution in [0, 0.1) is 0 Å². The molecule has 0 aliphatic carbocycles. The first-order chi connectivity index (χ1) is 9.70. The van der Waals surface area contributed by atoms with Gasteiger partial charge in [0.1, 0.15) is 5.82 Å². The first-order valence-electron chi connectivity index (χ1n) is 6.47. The van der Waals surface area contributed by atoms with E-state index in [-0.39, 0.29) is 0 Å². The predicted octanol–water partition coefficient (Wildman–Crippen LogP) is 5.61. The van der Waals surface area contributed by atoms with Crippen molar-refractivity contribution in [2.75, 3.05) is 11.9 Å². The molecule has 0 bridgehead atoms. The Morgan fingerprint density at radius 1 is 1.25 bits per heavy atom. The highest BCUT2D eigenvalue weighted by Gasteiger charge is 2.06. The molecule has 0 atom stereocenters. The number of nitrogens with zero attached hydrogens (tertiary/aromatic N) is 1. The van der Waals surface area contributed by atoms with E-state index in [1.165, 1.54) is 4.90 Å². The van der Waals surface area contributed by atoms with E-state index in [0.717, 1.165) is 34.7 Å². The Kier molecular flexibility index (Phi) is 6.20. The van der Waals surface area contributed by atoms with E-state index in [0.29, 0.717) is 5.02 Å². The minimum atomic E-state index is 0.714. The summed E-state index contributed by atoms with van der Waals surface area (Å²) in [5, 5.41) is 4.00. The maximum Gasteiger partial charge on any atom is 0.126 e. The Morgan fingerprint density at radius 3 is 2.80 bits per heavy atom. The number of rotatable bonds is 6. The van der Waals surface area contributed by atoms with Crippen LogP contribution >= 0.6 is 39.3 Å². The van der Waals surface area contributed by atoms with Gasteiger partial charge < -0.3 is 5.32 Å². The van der Waals surface area contributed by atoms with Gasteiger partial charge in [-0.05, 0) is 46.6 Å². The molecule has 0 aliphatic heterocycles. The molecular formula is C15H16BrClN2S. The van der Waals surface area contributed by atoms with Gasteiger partial charge in [0, 0.05) is 21.7 Å². The lowest BCUT2D eigenvalue weighted by Crippen LogP contribution is -2.03. The second kappa shape index (κ2) is 7.91. The zero-order chi connectivity index (χ0) is 14.4. The van der Waals surface area contributed by atoms with Crippen molar-refractivity contribution in [1.29, 1.82) is 0 Å². The Balaban J connectivity index is 2.07. The lowest BCUT2D eigenvalue weighted by Gasteiger charge is -2.09. The normalized spacial score (nSPS) is 10.6. The monoisotopic (exact) mass is 370 g/mol. The van der Waals surface area contributed by atoms with Gasteiger partial charge in [-0.25, -0.2) is 4.98 Å². The molecule has 0 spiro atoms. The van der Waals surface area contributed by atoms with Gasteiger partial charge in [-0.1, -0.05) is 30.7 Å². The number of benzene rings is 1. The maximum absolute atomic E-state index is 6.22. The van der Waals surface area contributed by atoms with Gasteiger partial charge in [0.2, 0.25) is 0 Å². The van der Waals surface area contributed by atoms with Crippen molar-refractivity contribution in [3.63, 3.8) is 0 Å². The summed E-state index contributed by atoms with van der Waals surface area (Å²) in [6.07, 6.45) is 1.07. The molecule has 2 aromatic rings. The fourth-order valence-electron chi connectivity index (χ4n) is 1.65. The van der Waals surface area contributed by atoms with E-state index < -0.39 is 0 Å². The van der Waals surface area contributed by atoms with Crippen molar-refractivity contribution in [2.24, 2.45) is 0 Å². The van der Waals surface area contributed by atoms with Crippen molar-refractivity contribution in [3.05, 3.63) is 51.6 Å². The number of nitrogens with one attached hydrogen (secondary N) is 1. The quantitative estimate of drug-likeness (QED) is 0.668. The van der Waals surface area contributed by atoms with Gasteiger partial charge >= 0.3 is 0 Å². The SMILES string of the molecule is CCCNc1ccc(Cl)c(CSc2ccccc2Br)n1. The third-order valence-electron chi connectivity index (χ3n) is 2.68. The van der Waals surface area contributed by atoms with Crippen LogP contribution in [0.5, 0.6) is 0 Å². The average molecular weight is 372 g/mol. The highest BCUT2D eigenvalue weighted by Crippen LogP contribution is 2.31. The first kappa shape index (κ1) is 15.7. The fraction of sp³-hybridized carbons (Fsp3) is 0.267. The number of pyridine rings is 1. The molecule has 2 rings (SSSR count). The van der Waals surface area contributed by atoms with Crippen LogP contribution in [0.2, 0.25) is 5.02 Å². The summed E-state index contributed by atoms with van der Waals surface area (Å²) in [6, 6.07) is 12.0. The molecule has 0 saturated carbocycles. The summed E-state index contributed by atoms with van der Waals surface area (Å²) in [4.78, 5) is 5.77. The standard InChI is InChI=1S/C15H16BrClN2S/c1-2-9-18-15-8-7-12(17)13(19-15)10-20-14-6-4-3-5-11(14)16/h3-8H,2,9-10H2,1H3,(H,18,19). The fourth-order valence-corrected chi connectivity index (χ4v) is 3.42. The average Bonchev–Trinajstić information content (AvgIpc) is 2.46. The third kappa shape index (κ3) is 4.40. The largest absolute Gasteiger partial charge is 0.370 e. The zero-order valence-electron chi connectivity index (χ0n) is 11.2. The van der Waals surface area contributed by atoms with Crippen LogP contribution in [0.25, 0.3) is 0 Å². The summed E-state index contributed by atoms with van der Waals surface area (Å²) < 4.78 is 1.10. The van der Waals surface area contributed by atoms with Crippen molar-refractivity contribution in [2.45, 2.75) is 24.0 Å². The van der Waals surface area contributed by atoms with Crippen molar-refractivity contribution < 1.29 is 0 Å². The molecule has 0 amide bonds. The second-order valence-electron chi connectivity index (χ2n) is 4.27. The third-order valence-corrected chi connectivity index (χ3v) is 5.06. The zero-order valence-corrected chi connectivity index (χ0v) is 14.4. The summed E-state index contributed by atoms with van der Waals surface area (Å²) >= 11 is 11.5. The van der Waals surface area contributed by atoms with E-state index in [1.54, 1.807) is 11.8 Å². The minimum Gasteiger partial charge on any atom is -0.370 e. The highest BCUT2D eigenvalue weighted by atomic mass is 79.9. The van der Waals surface area contributed by atoms with Gasteiger partial charge in [-0.2, -0.15) is 0 Å². The molecule has 0 aliphatic rings. The Labute approximate surface area is 137 Å². The molecule has 0 radical (unpaired) electrons. The molecule has 0 unspecified atom stereocenters. The topological polar surface area (TPSA) is 24.9 Å². The van der Waals surface area contributed by atoms with Crippen molar-refractivity contribution in [3.8, 4) is 0 Å². The Bertz CT molecular complexity index is 578. The lowest BCUT2D eigenvalue weighted by atomic mass is 10.3. The van der Waals surface area contributed by atoms with E-state index in [1.807, 2.05) is 30.3 Å². The van der Waals surface area contributed by atoms with Gasteiger partial charge in [-0.3, -0.25) is 0 Å². The molecule has 106 valence electrons. The van der Waals surface area contributed by atoms with E-state index in [9.17, 15) is 0 Å². The van der Waals surface area contributed by atoms with Crippen molar-refractivity contribution >= 4 is 45.1 Å². The number of hydrogen-bond donors (Lipinski definition) is 1. The van der Waals surface area contributed by atoms with Gasteiger partial charge in [0.15, 0.2) is 0 Å². The maximum atomic E-state index is 6.22. The molecule has 0 fully saturated rings. The molecule has 1 heterocycles. The summed E-state index contributed by atoms with van der Waals surface area (Å²) in [7, 11) is 0. The summed E-state index contributed by atoms with van der Waals surface area (Å²) in [5.41, 5.74) is 0.911. The molecule has 1 aromatic carbocycles. The van der Waals surface area contributed by atoms with Crippen molar-refractivity contribution in [1.82, 2.24) is 4.98 Å². The number of anilines is 1. The van der Waals surface area contributed by atoms with Gasteiger partial charge in [-0.15, -0.1) is 11.8 Å². The smallest absolute Gasteiger partial charge is 0.126 e. The molecule has 1 N–H and O–H groups in total. The molecule has 2 nitrogen and oxygen atoms in total. The van der Waals surface area contributed by atoms with Crippen LogP contribution in [-0.2, 0) is 5.75 Å². The molecule has 1 aromatic heterocycles. The van der Waals surface area contributed by atoms with Crippen LogP contribution in [0.3, 0.4) is 0 Å². The molecule has 20 heavy (non-hydrogen) atoms. The Morgan fingerprint density at radius 2 is 2.05 bits per heavy atom. The summed E-state index contributed by atoms with van der Waals surface area (Å²) in [5.74, 6) is 1.64.